The van der Waals surface area contributed by atoms with Crippen LogP contribution in [0.2, 0.25) is 5.02 Å². The summed E-state index contributed by atoms with van der Waals surface area (Å²) < 4.78 is 10.6. The van der Waals surface area contributed by atoms with Crippen molar-refractivity contribution in [3.05, 3.63) is 62.6 Å². The van der Waals surface area contributed by atoms with Gasteiger partial charge in [-0.1, -0.05) is 29.3 Å². The second-order valence-electron chi connectivity index (χ2n) is 6.70. The zero-order chi connectivity index (χ0) is 23.4. The lowest BCUT2D eigenvalue weighted by Crippen LogP contribution is -2.54. The molecule has 1 fully saturated rings. The van der Waals surface area contributed by atoms with Gasteiger partial charge < -0.3 is 9.47 Å². The quantitative estimate of drug-likeness (QED) is 0.350. The highest BCUT2D eigenvalue weighted by Gasteiger charge is 2.36. The molecule has 32 heavy (non-hydrogen) atoms. The number of anilines is 1. The van der Waals surface area contributed by atoms with Crippen LogP contribution in [0.1, 0.15) is 18.1 Å². The van der Waals surface area contributed by atoms with Crippen molar-refractivity contribution >= 4 is 63.1 Å². The van der Waals surface area contributed by atoms with Crippen LogP contribution in [0.4, 0.5) is 10.5 Å². The molecule has 4 amide bonds. The highest BCUT2D eigenvalue weighted by atomic mass is 79.9. The van der Waals surface area contributed by atoms with Gasteiger partial charge in [-0.15, -0.1) is 0 Å². The summed E-state index contributed by atoms with van der Waals surface area (Å²) in [5.74, 6) is -1.93. The molecule has 2 aromatic carbocycles. The van der Waals surface area contributed by atoms with Crippen LogP contribution in [0.15, 0.2) is 46.4 Å². The molecule has 0 unspecified atom stereocenters. The van der Waals surface area contributed by atoms with Gasteiger partial charge in [-0.3, -0.25) is 14.9 Å². The monoisotopic (exact) mass is 520 g/mol. The molecule has 1 N–H and O–H groups in total. The van der Waals surface area contributed by atoms with Crippen molar-refractivity contribution < 1.29 is 28.7 Å². The molecule has 0 saturated carbocycles. The summed E-state index contributed by atoms with van der Waals surface area (Å²) in [5.41, 5.74) is 1.45. The fourth-order valence-corrected chi connectivity index (χ4v) is 3.88. The number of nitrogens with zero attached hydrogens (tertiary/aromatic N) is 1. The molecule has 0 aromatic heterocycles. The van der Waals surface area contributed by atoms with Gasteiger partial charge in [-0.05, 0) is 65.7 Å². The lowest BCUT2D eigenvalue weighted by atomic mass is 10.1. The second-order valence-corrected chi connectivity index (χ2v) is 7.96. The van der Waals surface area contributed by atoms with Gasteiger partial charge in [-0.2, -0.15) is 0 Å². The van der Waals surface area contributed by atoms with Crippen LogP contribution in [0.5, 0.6) is 5.75 Å². The number of ether oxygens (including phenoxy) is 2. The Kier molecular flexibility index (Phi) is 7.32. The molecule has 0 atom stereocenters. The van der Waals surface area contributed by atoms with E-state index < -0.39 is 23.8 Å². The Hall–Kier alpha value is -3.17. The molecule has 2 aromatic rings. The molecule has 0 bridgehead atoms. The largest absolute Gasteiger partial charge is 0.479 e. The Morgan fingerprint density at radius 1 is 1.19 bits per heavy atom. The van der Waals surface area contributed by atoms with Crippen molar-refractivity contribution in [1.29, 1.82) is 0 Å². The molecule has 1 saturated heterocycles. The molecule has 3 rings (SSSR count). The van der Waals surface area contributed by atoms with Gasteiger partial charge in [-0.25, -0.2) is 14.5 Å². The summed E-state index contributed by atoms with van der Waals surface area (Å²) >= 11 is 9.57. The molecule has 1 aliphatic heterocycles. The van der Waals surface area contributed by atoms with E-state index in [1.165, 1.54) is 12.1 Å². The minimum Gasteiger partial charge on any atom is -0.479 e. The maximum Gasteiger partial charge on any atom is 0.344 e. The number of aryl methyl sites for hydroxylation is 1. The lowest BCUT2D eigenvalue weighted by Gasteiger charge is -2.26. The van der Waals surface area contributed by atoms with Crippen LogP contribution in [0, 0.1) is 6.92 Å². The van der Waals surface area contributed by atoms with Gasteiger partial charge in [0.05, 0.1) is 21.8 Å². The number of carbonyl (C=O) groups excluding carboxylic acids is 4. The van der Waals surface area contributed by atoms with Gasteiger partial charge in [0.2, 0.25) is 0 Å². The lowest BCUT2D eigenvalue weighted by molar-refractivity contribution is -0.145. The second kappa shape index (κ2) is 9.97. The smallest absolute Gasteiger partial charge is 0.344 e. The van der Waals surface area contributed by atoms with Crippen LogP contribution in [0.25, 0.3) is 6.08 Å². The third-order valence-electron chi connectivity index (χ3n) is 4.37. The predicted octanol–water partition coefficient (Wildman–Crippen LogP) is 4.02. The van der Waals surface area contributed by atoms with E-state index in [9.17, 15) is 19.2 Å². The van der Waals surface area contributed by atoms with Crippen LogP contribution in [0.3, 0.4) is 0 Å². The fourth-order valence-electron chi connectivity index (χ4n) is 2.89. The van der Waals surface area contributed by atoms with Crippen molar-refractivity contribution in [1.82, 2.24) is 5.32 Å². The zero-order valence-corrected chi connectivity index (χ0v) is 19.5. The number of amides is 4. The number of nitrogens with one attached hydrogen (secondary N) is 1. The highest BCUT2D eigenvalue weighted by molar-refractivity contribution is 9.10. The minimum absolute atomic E-state index is 0.144. The summed E-state index contributed by atoms with van der Waals surface area (Å²) in [6.45, 7) is 3.45. The van der Waals surface area contributed by atoms with Gasteiger partial charge in [0.1, 0.15) is 5.57 Å². The number of hydrogen-bond donors (Lipinski definition) is 1. The van der Waals surface area contributed by atoms with Crippen LogP contribution in [-0.4, -0.2) is 37.0 Å². The number of benzene rings is 2. The van der Waals surface area contributed by atoms with Gasteiger partial charge in [0.15, 0.2) is 12.4 Å². The van der Waals surface area contributed by atoms with Gasteiger partial charge >= 0.3 is 12.0 Å². The number of imide groups is 2. The highest BCUT2D eigenvalue weighted by Crippen LogP contribution is 2.35. The van der Waals surface area contributed by atoms with Crippen molar-refractivity contribution in [2.45, 2.75) is 13.8 Å². The third-order valence-corrected chi connectivity index (χ3v) is 5.23. The molecule has 1 heterocycles. The maximum absolute atomic E-state index is 13.0. The predicted molar refractivity (Wildman–Crippen MR) is 121 cm³/mol. The Balaban J connectivity index is 1.89. The summed E-state index contributed by atoms with van der Waals surface area (Å²) in [6, 6.07) is 8.93. The Morgan fingerprint density at radius 2 is 1.88 bits per heavy atom. The molecule has 0 aliphatic carbocycles. The number of carbonyl (C=O) groups is 4. The average Bonchev–Trinajstić information content (AvgIpc) is 2.72. The molecule has 0 spiro atoms. The molecular formula is C22H18BrClN2O6. The first kappa shape index (κ1) is 23.5. The molecule has 0 radical (unpaired) electrons. The van der Waals surface area contributed by atoms with E-state index in [2.05, 4.69) is 21.2 Å². The minimum atomic E-state index is -0.831. The van der Waals surface area contributed by atoms with E-state index in [1.807, 2.05) is 6.92 Å². The third kappa shape index (κ3) is 5.17. The Bertz CT molecular complexity index is 1110. The first-order valence-corrected chi connectivity index (χ1v) is 10.6. The normalized spacial score (nSPS) is 15.1. The Morgan fingerprint density at radius 3 is 2.50 bits per heavy atom. The van der Waals surface area contributed by atoms with Gasteiger partial charge in [0, 0.05) is 0 Å². The van der Waals surface area contributed by atoms with Crippen molar-refractivity contribution in [2.75, 3.05) is 18.1 Å². The van der Waals surface area contributed by atoms with E-state index in [-0.39, 0.29) is 29.6 Å². The van der Waals surface area contributed by atoms with E-state index in [0.29, 0.717) is 15.7 Å². The molecule has 1 aliphatic rings. The van der Waals surface area contributed by atoms with E-state index in [4.69, 9.17) is 21.1 Å². The Labute approximate surface area is 197 Å². The zero-order valence-electron chi connectivity index (χ0n) is 17.1. The van der Waals surface area contributed by atoms with Crippen molar-refractivity contribution in [3.8, 4) is 5.75 Å². The summed E-state index contributed by atoms with van der Waals surface area (Å²) in [6.07, 6.45) is 1.32. The number of barbiturate groups is 1. The first-order valence-electron chi connectivity index (χ1n) is 9.46. The average molecular weight is 522 g/mol. The number of hydrogen-bond acceptors (Lipinski definition) is 6. The maximum atomic E-state index is 13.0. The molecule has 166 valence electrons. The molecular weight excluding hydrogens is 504 g/mol. The SMILES string of the molecule is CCOC(=O)COc1c(Cl)cc(/C=C2\C(=O)NC(=O)N(c3ccc(C)cc3)C2=O)cc1Br. The molecule has 8 nitrogen and oxygen atoms in total. The number of urea groups is 1. The number of halogens is 2. The van der Waals surface area contributed by atoms with Crippen molar-refractivity contribution in [2.24, 2.45) is 0 Å². The van der Waals surface area contributed by atoms with Gasteiger partial charge in [0.25, 0.3) is 11.8 Å². The summed E-state index contributed by atoms with van der Waals surface area (Å²) in [5, 5.41) is 2.31. The first-order chi connectivity index (χ1) is 15.2. The molecule has 10 heteroatoms. The topological polar surface area (TPSA) is 102 Å². The van der Waals surface area contributed by atoms with Crippen LogP contribution in [-0.2, 0) is 19.1 Å². The van der Waals surface area contributed by atoms with E-state index in [0.717, 1.165) is 10.5 Å². The summed E-state index contributed by atoms with van der Waals surface area (Å²) in [4.78, 5) is 50.0. The number of rotatable bonds is 6. The van der Waals surface area contributed by atoms with E-state index >= 15 is 0 Å². The summed E-state index contributed by atoms with van der Waals surface area (Å²) in [7, 11) is 0. The fraction of sp³-hybridized carbons (Fsp3) is 0.182. The number of esters is 1. The van der Waals surface area contributed by atoms with Crippen LogP contribution >= 0.6 is 27.5 Å². The van der Waals surface area contributed by atoms with Crippen molar-refractivity contribution in [3.63, 3.8) is 0 Å². The van der Waals surface area contributed by atoms with Crippen LogP contribution < -0.4 is 15.0 Å². The standard InChI is InChI=1S/C22H18BrClN2O6/c1-3-31-18(27)11-32-19-16(23)9-13(10-17(19)24)8-15-20(28)25-22(30)26(21(15)29)14-6-4-12(2)5-7-14/h4-10H,3,11H2,1-2H3,(H,25,28,30)/b15-8+. The van der Waals surface area contributed by atoms with E-state index in [1.54, 1.807) is 37.3 Å².